The van der Waals surface area contributed by atoms with Gasteiger partial charge in [-0.1, -0.05) is 86.5 Å². The van der Waals surface area contributed by atoms with Crippen molar-refractivity contribution in [3.8, 4) is 0 Å². The zero-order chi connectivity index (χ0) is 28.0. The van der Waals surface area contributed by atoms with Crippen LogP contribution < -0.4 is 5.32 Å². The Morgan fingerprint density at radius 2 is 1.32 bits per heavy atom. The average molecular weight is 537 g/mol. The highest BCUT2D eigenvalue weighted by molar-refractivity contribution is 6.10. The number of imide groups is 1. The van der Waals surface area contributed by atoms with Crippen molar-refractivity contribution in [2.45, 2.75) is 51.0 Å². The van der Waals surface area contributed by atoms with Crippen LogP contribution in [0.2, 0.25) is 0 Å². The molecule has 2 bridgehead atoms. The van der Waals surface area contributed by atoms with Crippen LogP contribution >= 0.6 is 0 Å². The number of unbranched alkanes of at least 4 members (excludes halogenated alkanes) is 1. The molecule has 3 atom stereocenters. The molecule has 1 saturated heterocycles. The number of benzene rings is 3. The largest absolute Gasteiger partial charge is 0.454 e. The van der Waals surface area contributed by atoms with Crippen LogP contribution in [0.5, 0.6) is 0 Å². The maximum absolute atomic E-state index is 14.1. The van der Waals surface area contributed by atoms with Crippen molar-refractivity contribution in [1.82, 2.24) is 4.90 Å². The lowest BCUT2D eigenvalue weighted by Gasteiger charge is -2.45. The Kier molecular flexibility index (Phi) is 6.74. The van der Waals surface area contributed by atoms with Gasteiger partial charge in [-0.2, -0.15) is 0 Å². The van der Waals surface area contributed by atoms with Gasteiger partial charge in [-0.25, -0.2) is 4.79 Å². The summed E-state index contributed by atoms with van der Waals surface area (Å²) >= 11 is 0. The Hall–Kier alpha value is -4.26. The lowest BCUT2D eigenvalue weighted by Crippen LogP contribution is -2.47. The van der Waals surface area contributed by atoms with Gasteiger partial charge in [0.05, 0.1) is 11.8 Å². The van der Waals surface area contributed by atoms with E-state index in [9.17, 15) is 19.2 Å². The van der Waals surface area contributed by atoms with E-state index in [0.29, 0.717) is 18.5 Å². The first-order chi connectivity index (χ1) is 19.4. The van der Waals surface area contributed by atoms with Crippen molar-refractivity contribution in [3.05, 3.63) is 101 Å². The van der Waals surface area contributed by atoms with Gasteiger partial charge in [0, 0.05) is 17.5 Å². The molecule has 1 N–H and O–H groups in total. The molecule has 1 aliphatic heterocycles. The van der Waals surface area contributed by atoms with Crippen molar-refractivity contribution in [2.24, 2.45) is 11.8 Å². The highest BCUT2D eigenvalue weighted by Gasteiger charge is 2.63. The second kappa shape index (κ2) is 10.4. The van der Waals surface area contributed by atoms with Gasteiger partial charge in [0.2, 0.25) is 11.8 Å². The third kappa shape index (κ3) is 4.12. The molecule has 3 aromatic rings. The molecule has 3 aliphatic carbocycles. The molecular formula is C33H32N2O5. The van der Waals surface area contributed by atoms with Crippen LogP contribution in [0.15, 0.2) is 72.8 Å². The van der Waals surface area contributed by atoms with Gasteiger partial charge >= 0.3 is 5.97 Å². The molecule has 0 saturated carbocycles. The van der Waals surface area contributed by atoms with Gasteiger partial charge in [0.1, 0.15) is 6.04 Å². The summed E-state index contributed by atoms with van der Waals surface area (Å²) in [5.74, 6) is -3.47. The van der Waals surface area contributed by atoms with Crippen LogP contribution in [0.3, 0.4) is 0 Å². The summed E-state index contributed by atoms with van der Waals surface area (Å²) in [5, 5.41) is 2.75. The van der Waals surface area contributed by atoms with Crippen LogP contribution in [0, 0.1) is 18.8 Å². The number of carbonyl (C=O) groups is 4. The van der Waals surface area contributed by atoms with E-state index in [0.717, 1.165) is 34.2 Å². The molecule has 1 fully saturated rings. The monoisotopic (exact) mass is 536 g/mol. The number of hydrogen-bond donors (Lipinski definition) is 1. The van der Waals surface area contributed by atoms with E-state index < -0.39 is 36.4 Å². The second-order valence-electron chi connectivity index (χ2n) is 10.9. The molecule has 0 unspecified atom stereocenters. The molecule has 204 valence electrons. The van der Waals surface area contributed by atoms with E-state index in [4.69, 9.17) is 4.74 Å². The van der Waals surface area contributed by atoms with Crippen LogP contribution in [0.25, 0.3) is 0 Å². The number of anilines is 1. The first-order valence-corrected chi connectivity index (χ1v) is 14.0. The molecule has 3 amide bonds. The molecular weight excluding hydrogens is 504 g/mol. The Morgan fingerprint density at radius 3 is 1.82 bits per heavy atom. The minimum absolute atomic E-state index is 0.244. The number of nitrogens with zero attached hydrogens (tertiary/aromatic N) is 1. The zero-order valence-electron chi connectivity index (χ0n) is 22.6. The Morgan fingerprint density at radius 1 is 0.825 bits per heavy atom. The number of amides is 3. The lowest BCUT2D eigenvalue weighted by atomic mass is 9.55. The maximum atomic E-state index is 14.1. The Balaban J connectivity index is 1.27. The first kappa shape index (κ1) is 26.0. The summed E-state index contributed by atoms with van der Waals surface area (Å²) in [6, 6.07) is 22.3. The Bertz CT molecular complexity index is 1400. The van der Waals surface area contributed by atoms with Gasteiger partial charge in [0.15, 0.2) is 6.61 Å². The lowest BCUT2D eigenvalue weighted by molar-refractivity contribution is -0.160. The standard InChI is InChI=1S/C33H32N2O5/c1-3-4-17-25(33(39)40-18-26(36)34-24-16-10-5-11-19(24)2)35-31(37)29-27-20-12-6-7-13-21(20)28(30(29)32(35)38)23-15-9-8-14-22(23)27/h5-16,25,27-30H,3-4,17-18H2,1-2H3,(H,34,36)/t25-,27?,28?,29+,30+/m1/s1. The molecule has 40 heavy (non-hydrogen) atoms. The number of carbonyl (C=O) groups excluding carboxylic acids is 4. The molecule has 3 aromatic carbocycles. The number of likely N-dealkylation sites (tertiary alicyclic amines) is 1. The zero-order valence-corrected chi connectivity index (χ0v) is 22.6. The molecule has 4 aliphatic rings. The summed E-state index contributed by atoms with van der Waals surface area (Å²) < 4.78 is 5.43. The van der Waals surface area contributed by atoms with E-state index in [1.54, 1.807) is 6.07 Å². The van der Waals surface area contributed by atoms with Crippen molar-refractivity contribution in [2.75, 3.05) is 11.9 Å². The summed E-state index contributed by atoms with van der Waals surface area (Å²) in [6.07, 6.45) is 1.71. The molecule has 7 rings (SSSR count). The number of hydrogen-bond acceptors (Lipinski definition) is 5. The summed E-state index contributed by atoms with van der Waals surface area (Å²) in [6.45, 7) is 3.36. The van der Waals surface area contributed by atoms with E-state index in [1.807, 2.05) is 56.3 Å². The van der Waals surface area contributed by atoms with Crippen LogP contribution in [-0.4, -0.2) is 41.2 Å². The fraction of sp³-hybridized carbons (Fsp3) is 0.333. The second-order valence-corrected chi connectivity index (χ2v) is 10.9. The predicted octanol–water partition coefficient (Wildman–Crippen LogP) is 4.93. The summed E-state index contributed by atoms with van der Waals surface area (Å²) in [4.78, 5) is 55.4. The molecule has 7 nitrogen and oxygen atoms in total. The smallest absolute Gasteiger partial charge is 0.329 e. The highest BCUT2D eigenvalue weighted by Crippen LogP contribution is 2.61. The van der Waals surface area contributed by atoms with Crippen molar-refractivity contribution in [3.63, 3.8) is 0 Å². The highest BCUT2D eigenvalue weighted by atomic mass is 16.5. The fourth-order valence-electron chi connectivity index (χ4n) is 6.89. The molecule has 1 heterocycles. The molecule has 7 heteroatoms. The van der Waals surface area contributed by atoms with Crippen LogP contribution in [-0.2, 0) is 23.9 Å². The minimum Gasteiger partial charge on any atom is -0.454 e. The van der Waals surface area contributed by atoms with Gasteiger partial charge in [-0.05, 0) is 47.2 Å². The number of nitrogens with one attached hydrogen (secondary N) is 1. The number of para-hydroxylation sites is 1. The van der Waals surface area contributed by atoms with Gasteiger partial charge < -0.3 is 10.1 Å². The number of aryl methyl sites for hydroxylation is 1. The van der Waals surface area contributed by atoms with Crippen molar-refractivity contribution in [1.29, 1.82) is 0 Å². The topological polar surface area (TPSA) is 92.8 Å². The predicted molar refractivity (Wildman–Crippen MR) is 149 cm³/mol. The quantitative estimate of drug-likeness (QED) is 0.326. The third-order valence-electron chi connectivity index (χ3n) is 8.66. The minimum atomic E-state index is -1.07. The van der Waals surface area contributed by atoms with E-state index in [2.05, 4.69) is 29.6 Å². The molecule has 0 aromatic heterocycles. The average Bonchev–Trinajstić information content (AvgIpc) is 3.23. The normalized spacial score (nSPS) is 22.8. The van der Waals surface area contributed by atoms with Crippen LogP contribution in [0.4, 0.5) is 5.69 Å². The van der Waals surface area contributed by atoms with E-state index >= 15 is 0 Å². The number of rotatable bonds is 8. The van der Waals surface area contributed by atoms with E-state index in [1.165, 1.54) is 4.90 Å². The summed E-state index contributed by atoms with van der Waals surface area (Å²) in [5.41, 5.74) is 5.84. The van der Waals surface area contributed by atoms with Crippen molar-refractivity contribution < 1.29 is 23.9 Å². The SMILES string of the molecule is CCCC[C@H](C(=O)OCC(=O)Nc1ccccc1C)N1C(=O)[C@H]2C3c4ccccc4C(c4ccccc43)[C@@H]2C1=O. The fourth-order valence-corrected chi connectivity index (χ4v) is 6.89. The molecule has 0 spiro atoms. The number of esters is 1. The maximum Gasteiger partial charge on any atom is 0.329 e. The third-order valence-corrected chi connectivity index (χ3v) is 8.66. The molecule has 0 radical (unpaired) electrons. The number of ether oxygens (including phenoxy) is 1. The van der Waals surface area contributed by atoms with Gasteiger partial charge in [0.25, 0.3) is 5.91 Å². The summed E-state index contributed by atoms with van der Waals surface area (Å²) in [7, 11) is 0. The van der Waals surface area contributed by atoms with Crippen molar-refractivity contribution >= 4 is 29.4 Å². The first-order valence-electron chi connectivity index (χ1n) is 14.0. The van der Waals surface area contributed by atoms with Gasteiger partial charge in [-0.3, -0.25) is 19.3 Å². The van der Waals surface area contributed by atoms with Crippen LogP contribution in [0.1, 0.15) is 65.8 Å². The van der Waals surface area contributed by atoms with Gasteiger partial charge in [-0.15, -0.1) is 0 Å². The Labute approximate surface area is 233 Å². The van der Waals surface area contributed by atoms with E-state index in [-0.39, 0.29) is 23.7 Å².